The molecule has 0 aliphatic rings. The third-order valence-corrected chi connectivity index (χ3v) is 3.11. The molecule has 0 aliphatic heterocycles. The molecule has 0 radical (unpaired) electrons. The molecule has 0 amide bonds. The van der Waals surface area contributed by atoms with Crippen LogP contribution in [0.4, 0.5) is 0 Å². The van der Waals surface area contributed by atoms with Crippen LogP contribution >= 0.6 is 0 Å². The van der Waals surface area contributed by atoms with Crippen molar-refractivity contribution in [3.8, 4) is 0 Å². The smallest absolute Gasteiger partial charge is 0.346 e. The summed E-state index contributed by atoms with van der Waals surface area (Å²) in [6.45, 7) is 1.68. The van der Waals surface area contributed by atoms with Gasteiger partial charge in [0, 0.05) is 0 Å². The van der Waals surface area contributed by atoms with Crippen LogP contribution in [-0.4, -0.2) is 51.8 Å². The fourth-order valence-electron chi connectivity index (χ4n) is 1.95. The van der Waals surface area contributed by atoms with Gasteiger partial charge >= 0.3 is 23.9 Å². The lowest BCUT2D eigenvalue weighted by Crippen LogP contribution is -2.27. The average molecular weight is 350 g/mol. The molecular formula is C17H18O8. The van der Waals surface area contributed by atoms with Gasteiger partial charge in [0.1, 0.15) is 0 Å². The summed E-state index contributed by atoms with van der Waals surface area (Å²) < 4.78 is 18.6. The van der Waals surface area contributed by atoms with Crippen LogP contribution in [0.5, 0.6) is 0 Å². The number of carbonyl (C=O) groups is 4. The Morgan fingerprint density at radius 3 is 1.28 bits per heavy atom. The van der Waals surface area contributed by atoms with Gasteiger partial charge in [0.05, 0.1) is 27.9 Å². The molecule has 0 saturated heterocycles. The van der Waals surface area contributed by atoms with Crippen LogP contribution in [0.1, 0.15) is 6.92 Å². The highest BCUT2D eigenvalue weighted by Crippen LogP contribution is 2.02. The van der Waals surface area contributed by atoms with Crippen molar-refractivity contribution in [3.63, 3.8) is 0 Å². The monoisotopic (exact) mass is 350 g/mol. The van der Waals surface area contributed by atoms with Crippen LogP contribution in [-0.2, 0) is 38.1 Å². The van der Waals surface area contributed by atoms with E-state index >= 15 is 0 Å². The molecule has 25 heavy (non-hydrogen) atoms. The maximum atomic E-state index is 12.0. The van der Waals surface area contributed by atoms with Gasteiger partial charge in [-0.3, -0.25) is 0 Å². The molecule has 0 aromatic heterocycles. The van der Waals surface area contributed by atoms with E-state index < -0.39 is 23.9 Å². The SMILES string of the molecule is CCOC(=O)C(C(=O)OC)=c1ccc(=C(C(=O)OC)C(=O)OC)cc1. The standard InChI is InChI=1S/C17H18O8/c1-5-25-17(21)13(16(20)24-4)11-8-6-10(7-9-11)12(14(18)22-2)15(19)23-3/h6-9H,5H2,1-4H3. The molecule has 0 saturated carbocycles. The number of esters is 4. The van der Waals surface area contributed by atoms with Crippen LogP contribution in [0.25, 0.3) is 11.1 Å². The van der Waals surface area contributed by atoms with E-state index in [9.17, 15) is 19.2 Å². The number of benzene rings is 1. The maximum absolute atomic E-state index is 12.0. The fraction of sp³-hybridized carbons (Fsp3) is 0.294. The Hall–Kier alpha value is -3.16. The van der Waals surface area contributed by atoms with E-state index in [0.29, 0.717) is 0 Å². The first-order valence-electron chi connectivity index (χ1n) is 7.17. The van der Waals surface area contributed by atoms with Gasteiger partial charge in [0.2, 0.25) is 0 Å². The Labute approximate surface area is 143 Å². The van der Waals surface area contributed by atoms with Crippen LogP contribution in [0.3, 0.4) is 0 Å². The van der Waals surface area contributed by atoms with Crippen molar-refractivity contribution in [1.29, 1.82) is 0 Å². The molecule has 134 valence electrons. The van der Waals surface area contributed by atoms with Crippen LogP contribution in [0.2, 0.25) is 0 Å². The van der Waals surface area contributed by atoms with Gasteiger partial charge in [-0.25, -0.2) is 19.2 Å². The molecule has 1 aromatic rings. The van der Waals surface area contributed by atoms with Gasteiger partial charge in [0.25, 0.3) is 0 Å². The summed E-state index contributed by atoms with van der Waals surface area (Å²) in [5.41, 5.74) is -0.610. The first-order valence-corrected chi connectivity index (χ1v) is 7.17. The minimum absolute atomic E-state index is 0.0834. The summed E-state index contributed by atoms with van der Waals surface area (Å²) in [6.07, 6.45) is 0. The highest BCUT2D eigenvalue weighted by molar-refractivity contribution is 6.37. The normalized spacial score (nSPS) is 9.60. The fourth-order valence-corrected chi connectivity index (χ4v) is 1.95. The first kappa shape index (κ1) is 19.9. The summed E-state index contributed by atoms with van der Waals surface area (Å²) in [4.78, 5) is 47.3. The number of hydrogen-bond acceptors (Lipinski definition) is 8. The summed E-state index contributed by atoms with van der Waals surface area (Å²) in [5, 5.41) is 0.415. The number of methoxy groups -OCH3 is 3. The topological polar surface area (TPSA) is 105 Å². The zero-order valence-electron chi connectivity index (χ0n) is 14.3. The lowest BCUT2D eigenvalue weighted by molar-refractivity contribution is -0.142. The first-order chi connectivity index (χ1) is 11.9. The second kappa shape index (κ2) is 9.21. The quantitative estimate of drug-likeness (QED) is 0.381. The molecule has 1 rings (SSSR count). The van der Waals surface area contributed by atoms with Crippen molar-refractivity contribution in [2.75, 3.05) is 27.9 Å². The van der Waals surface area contributed by atoms with E-state index in [0.717, 1.165) is 21.3 Å². The van der Waals surface area contributed by atoms with Gasteiger partial charge in [-0.15, -0.1) is 0 Å². The largest absolute Gasteiger partial charge is 0.465 e. The van der Waals surface area contributed by atoms with Crippen molar-refractivity contribution in [1.82, 2.24) is 0 Å². The predicted octanol–water partition coefficient (Wildman–Crippen LogP) is -0.930. The van der Waals surface area contributed by atoms with Crippen LogP contribution in [0, 0.1) is 0 Å². The van der Waals surface area contributed by atoms with Gasteiger partial charge < -0.3 is 18.9 Å². The van der Waals surface area contributed by atoms with Crippen molar-refractivity contribution in [3.05, 3.63) is 34.7 Å². The van der Waals surface area contributed by atoms with Gasteiger partial charge in [-0.2, -0.15) is 0 Å². The Balaban J connectivity index is 3.64. The van der Waals surface area contributed by atoms with Crippen molar-refractivity contribution < 1.29 is 38.1 Å². The molecule has 0 heterocycles. The van der Waals surface area contributed by atoms with E-state index in [-0.39, 0.29) is 28.2 Å². The van der Waals surface area contributed by atoms with E-state index in [1.54, 1.807) is 6.92 Å². The van der Waals surface area contributed by atoms with E-state index in [1.807, 2.05) is 0 Å². The molecule has 8 nitrogen and oxygen atoms in total. The van der Waals surface area contributed by atoms with Gasteiger partial charge in [-0.1, -0.05) is 24.3 Å². The molecule has 0 aliphatic carbocycles. The zero-order chi connectivity index (χ0) is 19.0. The Bertz CT molecular complexity index is 765. The Kier molecular flexibility index (Phi) is 7.33. The molecule has 0 atom stereocenters. The van der Waals surface area contributed by atoms with E-state index in [2.05, 4.69) is 14.2 Å². The van der Waals surface area contributed by atoms with Gasteiger partial charge in [-0.05, 0) is 17.4 Å². The molecule has 0 unspecified atom stereocenters. The number of rotatable bonds is 5. The predicted molar refractivity (Wildman–Crippen MR) is 85.2 cm³/mol. The van der Waals surface area contributed by atoms with Crippen LogP contribution < -0.4 is 10.4 Å². The minimum atomic E-state index is -0.873. The highest BCUT2D eigenvalue weighted by Gasteiger charge is 2.22. The number of hydrogen-bond donors (Lipinski definition) is 0. The third-order valence-electron chi connectivity index (χ3n) is 3.11. The van der Waals surface area contributed by atoms with E-state index in [4.69, 9.17) is 4.74 Å². The molecule has 0 spiro atoms. The Morgan fingerprint density at radius 1 is 0.680 bits per heavy atom. The lowest BCUT2D eigenvalue weighted by Gasteiger charge is -2.06. The number of carbonyl (C=O) groups excluding carboxylic acids is 4. The van der Waals surface area contributed by atoms with Gasteiger partial charge in [0.15, 0.2) is 11.1 Å². The lowest BCUT2D eigenvalue weighted by atomic mass is 10.1. The van der Waals surface area contributed by atoms with Crippen molar-refractivity contribution >= 4 is 35.0 Å². The second-order valence-corrected chi connectivity index (χ2v) is 4.52. The minimum Gasteiger partial charge on any atom is -0.465 e. The zero-order valence-corrected chi connectivity index (χ0v) is 14.3. The van der Waals surface area contributed by atoms with Crippen molar-refractivity contribution in [2.45, 2.75) is 6.92 Å². The second-order valence-electron chi connectivity index (χ2n) is 4.52. The number of ether oxygens (including phenoxy) is 4. The van der Waals surface area contributed by atoms with E-state index in [1.165, 1.54) is 24.3 Å². The third kappa shape index (κ3) is 4.66. The molecule has 1 aromatic carbocycles. The molecule has 0 bridgehead atoms. The Morgan fingerprint density at radius 2 is 1.00 bits per heavy atom. The highest BCUT2D eigenvalue weighted by atomic mass is 16.6. The van der Waals surface area contributed by atoms with Crippen LogP contribution in [0.15, 0.2) is 24.3 Å². The summed E-state index contributed by atoms with van der Waals surface area (Å²) in [5.74, 6) is -3.45. The maximum Gasteiger partial charge on any atom is 0.346 e. The molecular weight excluding hydrogens is 332 g/mol. The average Bonchev–Trinajstić information content (AvgIpc) is 2.62. The summed E-state index contributed by atoms with van der Waals surface area (Å²) in [6, 6.07) is 5.51. The van der Waals surface area contributed by atoms with Crippen molar-refractivity contribution in [2.24, 2.45) is 0 Å². The molecule has 0 N–H and O–H groups in total. The molecule has 0 fully saturated rings. The summed E-state index contributed by atoms with van der Waals surface area (Å²) >= 11 is 0. The molecule has 8 heteroatoms. The summed E-state index contributed by atoms with van der Waals surface area (Å²) in [7, 11) is 3.39.